The van der Waals surface area contributed by atoms with Gasteiger partial charge in [0.05, 0.1) is 10.0 Å². The molecule has 0 saturated heterocycles. The maximum absolute atomic E-state index is 12.6. The van der Waals surface area contributed by atoms with E-state index in [2.05, 4.69) is 15.3 Å². The van der Waals surface area contributed by atoms with Gasteiger partial charge in [-0.15, -0.1) is 0 Å². The normalized spacial score (nSPS) is 11.4. The number of halogens is 2. The second-order valence-corrected chi connectivity index (χ2v) is 8.23. The van der Waals surface area contributed by atoms with Crippen molar-refractivity contribution in [2.24, 2.45) is 0 Å². The highest BCUT2D eigenvalue weighted by Gasteiger charge is 2.14. The molecule has 0 fully saturated rings. The van der Waals surface area contributed by atoms with Crippen molar-refractivity contribution in [2.75, 3.05) is 5.32 Å². The van der Waals surface area contributed by atoms with Gasteiger partial charge in [0, 0.05) is 29.1 Å². The fraction of sp³-hybridized carbons (Fsp3) is 0.0385. The summed E-state index contributed by atoms with van der Waals surface area (Å²) in [6.45, 7) is 1.89. The monoisotopic (exact) mass is 489 g/mol. The lowest BCUT2D eigenvalue weighted by Gasteiger charge is -2.09. The molecule has 0 aliphatic heterocycles. The van der Waals surface area contributed by atoms with Crippen molar-refractivity contribution in [1.82, 2.24) is 9.97 Å². The Morgan fingerprint density at radius 2 is 1.79 bits per heavy atom. The van der Waals surface area contributed by atoms with Gasteiger partial charge in [-0.25, -0.2) is 4.98 Å². The van der Waals surface area contributed by atoms with Crippen molar-refractivity contribution >= 4 is 52.1 Å². The fourth-order valence-electron chi connectivity index (χ4n) is 3.50. The van der Waals surface area contributed by atoms with E-state index in [0.29, 0.717) is 49.9 Å². The van der Waals surface area contributed by atoms with Gasteiger partial charge >= 0.3 is 0 Å². The van der Waals surface area contributed by atoms with Crippen LogP contribution in [0.5, 0.6) is 0 Å². The minimum Gasteiger partial charge on any atom is -0.457 e. The van der Waals surface area contributed by atoms with Crippen molar-refractivity contribution in [3.05, 3.63) is 94.3 Å². The average molecular weight is 490 g/mol. The van der Waals surface area contributed by atoms with E-state index in [1.54, 1.807) is 42.6 Å². The zero-order valence-corrected chi connectivity index (χ0v) is 19.4. The predicted molar refractivity (Wildman–Crippen MR) is 134 cm³/mol. The topological polar surface area (TPSA) is 81.2 Å². The van der Waals surface area contributed by atoms with Gasteiger partial charge in [0.1, 0.15) is 11.5 Å². The average Bonchev–Trinajstić information content (AvgIpc) is 3.48. The smallest absolute Gasteiger partial charge is 0.248 e. The number of benzene rings is 2. The number of pyridine rings is 1. The molecule has 0 saturated carbocycles. The van der Waals surface area contributed by atoms with Crippen LogP contribution in [-0.2, 0) is 4.79 Å². The third kappa shape index (κ3) is 4.33. The summed E-state index contributed by atoms with van der Waals surface area (Å²) in [4.78, 5) is 21.2. The molecule has 5 aromatic rings. The maximum Gasteiger partial charge on any atom is 0.248 e. The van der Waals surface area contributed by atoms with E-state index in [-0.39, 0.29) is 5.91 Å². The number of anilines is 1. The largest absolute Gasteiger partial charge is 0.457 e. The number of aromatic nitrogens is 2. The van der Waals surface area contributed by atoms with E-state index in [1.807, 2.05) is 37.3 Å². The van der Waals surface area contributed by atoms with Crippen molar-refractivity contribution in [3.8, 4) is 22.8 Å². The minimum atomic E-state index is -0.307. The van der Waals surface area contributed by atoms with Crippen LogP contribution in [0.25, 0.3) is 40.1 Å². The lowest BCUT2D eigenvalue weighted by Crippen LogP contribution is -2.09. The number of nitrogens with zero attached hydrogens (tertiary/aromatic N) is 2. The number of hydrogen-bond acceptors (Lipinski definition) is 5. The summed E-state index contributed by atoms with van der Waals surface area (Å²) < 4.78 is 11.6. The lowest BCUT2D eigenvalue weighted by molar-refractivity contribution is -0.111. The molecule has 5 rings (SSSR count). The van der Waals surface area contributed by atoms with Crippen molar-refractivity contribution in [3.63, 3.8) is 0 Å². The van der Waals surface area contributed by atoms with Gasteiger partial charge in [-0.2, -0.15) is 4.98 Å². The van der Waals surface area contributed by atoms with Crippen LogP contribution in [0, 0.1) is 6.92 Å². The highest BCUT2D eigenvalue weighted by atomic mass is 35.5. The summed E-state index contributed by atoms with van der Waals surface area (Å²) in [5.74, 6) is 1.20. The number of furan rings is 1. The summed E-state index contributed by atoms with van der Waals surface area (Å²) in [5, 5.41) is 3.75. The highest BCUT2D eigenvalue weighted by Crippen LogP contribution is 2.34. The summed E-state index contributed by atoms with van der Waals surface area (Å²) >= 11 is 12.3. The maximum atomic E-state index is 12.6. The molecule has 168 valence electrons. The van der Waals surface area contributed by atoms with E-state index >= 15 is 0 Å². The zero-order chi connectivity index (χ0) is 23.7. The number of fused-ring (bicyclic) bond motifs is 1. The van der Waals surface area contributed by atoms with Crippen LogP contribution in [0.1, 0.15) is 11.3 Å². The van der Waals surface area contributed by atoms with Crippen LogP contribution in [0.15, 0.2) is 81.8 Å². The number of hydrogen-bond donors (Lipinski definition) is 1. The Kier molecular flexibility index (Phi) is 5.92. The van der Waals surface area contributed by atoms with E-state index in [0.717, 1.165) is 11.1 Å². The molecule has 0 unspecified atom stereocenters. The Morgan fingerprint density at radius 1 is 0.971 bits per heavy atom. The molecule has 0 spiro atoms. The lowest BCUT2D eigenvalue weighted by atomic mass is 10.1. The highest BCUT2D eigenvalue weighted by molar-refractivity contribution is 6.43. The van der Waals surface area contributed by atoms with E-state index in [9.17, 15) is 4.79 Å². The Morgan fingerprint density at radius 3 is 2.65 bits per heavy atom. The third-order valence-electron chi connectivity index (χ3n) is 5.23. The molecule has 3 aromatic heterocycles. The number of carbonyl (C=O) groups is 1. The molecule has 0 aliphatic rings. The molecule has 3 heterocycles. The Labute approximate surface area is 204 Å². The third-order valence-corrected chi connectivity index (χ3v) is 6.05. The molecule has 0 aliphatic carbocycles. The van der Waals surface area contributed by atoms with Gasteiger partial charge in [-0.05, 0) is 67.1 Å². The number of carbonyl (C=O) groups excluding carboxylic acids is 1. The molecular weight excluding hydrogens is 473 g/mol. The SMILES string of the molecule is Cc1c(NC(=O)C=Cc2ccc(-c3cccc(Cl)c3Cl)o2)cccc1-c1nc2ncccc2o1. The van der Waals surface area contributed by atoms with Crippen LogP contribution < -0.4 is 5.32 Å². The molecule has 2 aromatic carbocycles. The summed E-state index contributed by atoms with van der Waals surface area (Å²) in [5.41, 5.74) is 4.06. The van der Waals surface area contributed by atoms with Crippen LogP contribution in [0.2, 0.25) is 10.0 Å². The fourth-order valence-corrected chi connectivity index (χ4v) is 3.89. The standard InChI is InChI=1S/C26H17Cl2N3O3/c1-15-17(26-31-25-22(34-26)9-4-14-29-25)5-3-8-20(15)30-23(32)13-11-16-10-12-21(33-16)18-6-2-7-19(27)24(18)28/h2-14H,1H3,(H,30,32). The predicted octanol–water partition coefficient (Wildman–Crippen LogP) is 7.42. The summed E-state index contributed by atoms with van der Waals surface area (Å²) in [6.07, 6.45) is 4.65. The van der Waals surface area contributed by atoms with Crippen molar-refractivity contribution in [2.45, 2.75) is 6.92 Å². The van der Waals surface area contributed by atoms with Crippen LogP contribution in [0.4, 0.5) is 5.69 Å². The minimum absolute atomic E-state index is 0.307. The number of nitrogens with one attached hydrogen (secondary N) is 1. The van der Waals surface area contributed by atoms with Gasteiger partial charge in [-0.3, -0.25) is 4.79 Å². The van der Waals surface area contributed by atoms with Crippen LogP contribution in [0.3, 0.4) is 0 Å². The quantitative estimate of drug-likeness (QED) is 0.259. The van der Waals surface area contributed by atoms with Gasteiger partial charge in [0.15, 0.2) is 11.2 Å². The first-order valence-electron chi connectivity index (χ1n) is 10.3. The van der Waals surface area contributed by atoms with E-state index in [4.69, 9.17) is 32.0 Å². The van der Waals surface area contributed by atoms with Gasteiger partial charge in [0.25, 0.3) is 0 Å². The molecule has 34 heavy (non-hydrogen) atoms. The molecule has 1 amide bonds. The molecule has 6 nitrogen and oxygen atoms in total. The van der Waals surface area contributed by atoms with Crippen molar-refractivity contribution in [1.29, 1.82) is 0 Å². The first-order chi connectivity index (χ1) is 16.5. The van der Waals surface area contributed by atoms with E-state index in [1.165, 1.54) is 6.08 Å². The Bertz CT molecular complexity index is 1520. The Hall–Kier alpha value is -3.87. The number of rotatable bonds is 5. The number of amides is 1. The molecule has 0 atom stereocenters. The van der Waals surface area contributed by atoms with Gasteiger partial charge in [0.2, 0.25) is 11.8 Å². The number of oxazole rings is 1. The first-order valence-corrected chi connectivity index (χ1v) is 11.1. The second kappa shape index (κ2) is 9.17. The molecular formula is C26H17Cl2N3O3. The molecule has 0 radical (unpaired) electrons. The molecule has 0 bridgehead atoms. The van der Waals surface area contributed by atoms with Gasteiger partial charge in [-0.1, -0.05) is 35.3 Å². The second-order valence-electron chi connectivity index (χ2n) is 7.45. The van der Waals surface area contributed by atoms with Crippen LogP contribution in [-0.4, -0.2) is 15.9 Å². The Balaban J connectivity index is 1.33. The first kappa shape index (κ1) is 21.9. The van der Waals surface area contributed by atoms with Crippen LogP contribution >= 0.6 is 23.2 Å². The molecule has 8 heteroatoms. The summed E-state index contributed by atoms with van der Waals surface area (Å²) in [7, 11) is 0. The molecule has 1 N–H and O–H groups in total. The van der Waals surface area contributed by atoms with Crippen molar-refractivity contribution < 1.29 is 13.6 Å². The van der Waals surface area contributed by atoms with Gasteiger partial charge < -0.3 is 14.2 Å². The summed E-state index contributed by atoms with van der Waals surface area (Å²) in [6, 6.07) is 18.0. The van der Waals surface area contributed by atoms with E-state index < -0.39 is 0 Å². The zero-order valence-electron chi connectivity index (χ0n) is 17.9.